The Balaban J connectivity index is 1.51. The summed E-state index contributed by atoms with van der Waals surface area (Å²) in [5, 5.41) is 0. The Morgan fingerprint density at radius 3 is 2.15 bits per heavy atom. The molecule has 0 radical (unpaired) electrons. The lowest BCUT2D eigenvalue weighted by Gasteiger charge is -2.49. The molecule has 3 aliphatic rings. The van der Waals surface area contributed by atoms with Gasteiger partial charge in [0.25, 0.3) is 0 Å². The molecule has 2 heterocycles. The predicted octanol–water partition coefficient (Wildman–Crippen LogP) is 1.44. The standard InChI is InChI=1S/C16H31N3O/c1-16(19-10-12-20-13-11-19)6-2-15(3-7-16)18-8-4-14(17)5-9-18/h14-15H,2-13,17H2,1H3. The van der Waals surface area contributed by atoms with Gasteiger partial charge in [-0.3, -0.25) is 4.90 Å². The van der Waals surface area contributed by atoms with Crippen LogP contribution in [0.25, 0.3) is 0 Å². The van der Waals surface area contributed by atoms with Gasteiger partial charge in [0.15, 0.2) is 0 Å². The molecule has 0 aromatic rings. The summed E-state index contributed by atoms with van der Waals surface area (Å²) in [6.45, 7) is 9.01. The van der Waals surface area contributed by atoms with Gasteiger partial charge < -0.3 is 15.4 Å². The number of rotatable bonds is 2. The average Bonchev–Trinajstić information content (AvgIpc) is 2.50. The molecule has 4 heteroatoms. The normalized spacial score (nSPS) is 39.0. The maximum absolute atomic E-state index is 6.02. The molecule has 0 unspecified atom stereocenters. The molecule has 0 spiro atoms. The second kappa shape index (κ2) is 6.30. The Kier molecular flexibility index (Phi) is 4.65. The molecule has 0 aromatic heterocycles. The van der Waals surface area contributed by atoms with E-state index in [1.807, 2.05) is 0 Å². The average molecular weight is 281 g/mol. The fourth-order valence-corrected chi connectivity index (χ4v) is 4.29. The van der Waals surface area contributed by atoms with Crippen molar-refractivity contribution >= 4 is 0 Å². The van der Waals surface area contributed by atoms with Crippen molar-refractivity contribution in [3.63, 3.8) is 0 Å². The van der Waals surface area contributed by atoms with Crippen LogP contribution in [-0.4, -0.2) is 66.8 Å². The fraction of sp³-hybridized carbons (Fsp3) is 1.00. The lowest BCUT2D eigenvalue weighted by atomic mass is 9.78. The van der Waals surface area contributed by atoms with Gasteiger partial charge in [0.05, 0.1) is 13.2 Å². The molecule has 116 valence electrons. The maximum atomic E-state index is 6.02. The Morgan fingerprint density at radius 1 is 0.950 bits per heavy atom. The lowest BCUT2D eigenvalue weighted by Crippen LogP contribution is -2.55. The van der Waals surface area contributed by atoms with Gasteiger partial charge in [0.1, 0.15) is 0 Å². The molecule has 4 nitrogen and oxygen atoms in total. The Labute approximate surface area is 123 Å². The topological polar surface area (TPSA) is 41.7 Å². The van der Waals surface area contributed by atoms with E-state index >= 15 is 0 Å². The number of piperidine rings is 1. The SMILES string of the molecule is CC1(N2CCOCC2)CCC(N2CCC(N)CC2)CC1. The van der Waals surface area contributed by atoms with Crippen LogP contribution in [0, 0.1) is 0 Å². The zero-order valence-corrected chi connectivity index (χ0v) is 13.0. The van der Waals surface area contributed by atoms with Gasteiger partial charge in [-0.15, -0.1) is 0 Å². The second-order valence-corrected chi connectivity index (χ2v) is 7.20. The monoisotopic (exact) mass is 281 g/mol. The molecular formula is C16H31N3O. The van der Waals surface area contributed by atoms with Crippen molar-refractivity contribution in [2.75, 3.05) is 39.4 Å². The summed E-state index contributed by atoms with van der Waals surface area (Å²) >= 11 is 0. The van der Waals surface area contributed by atoms with Crippen LogP contribution in [0.3, 0.4) is 0 Å². The molecule has 0 atom stereocenters. The quantitative estimate of drug-likeness (QED) is 0.832. The first kappa shape index (κ1) is 14.8. The van der Waals surface area contributed by atoms with Crippen molar-refractivity contribution < 1.29 is 4.74 Å². The van der Waals surface area contributed by atoms with Crippen LogP contribution in [0.2, 0.25) is 0 Å². The fourth-order valence-electron chi connectivity index (χ4n) is 4.29. The van der Waals surface area contributed by atoms with E-state index in [9.17, 15) is 0 Å². The van der Waals surface area contributed by atoms with Crippen molar-refractivity contribution in [1.29, 1.82) is 0 Å². The maximum Gasteiger partial charge on any atom is 0.0594 e. The number of hydrogen-bond acceptors (Lipinski definition) is 4. The van der Waals surface area contributed by atoms with E-state index in [1.165, 1.54) is 51.6 Å². The van der Waals surface area contributed by atoms with Crippen LogP contribution in [0.1, 0.15) is 45.4 Å². The summed E-state index contributed by atoms with van der Waals surface area (Å²) in [6.07, 6.45) is 7.81. The van der Waals surface area contributed by atoms with Gasteiger partial charge >= 0.3 is 0 Å². The molecule has 2 aliphatic heterocycles. The molecule has 0 amide bonds. The first-order valence-corrected chi connectivity index (χ1v) is 8.50. The summed E-state index contributed by atoms with van der Waals surface area (Å²) in [7, 11) is 0. The van der Waals surface area contributed by atoms with Crippen molar-refractivity contribution in [2.24, 2.45) is 5.73 Å². The molecule has 3 fully saturated rings. The first-order valence-electron chi connectivity index (χ1n) is 8.50. The lowest BCUT2D eigenvalue weighted by molar-refractivity contribution is -0.0403. The van der Waals surface area contributed by atoms with Crippen LogP contribution in [0.5, 0.6) is 0 Å². The summed E-state index contributed by atoms with van der Waals surface area (Å²) in [5.41, 5.74) is 6.45. The number of hydrogen-bond donors (Lipinski definition) is 1. The van der Waals surface area contributed by atoms with Gasteiger partial charge in [-0.2, -0.15) is 0 Å². The Hall–Kier alpha value is -0.160. The molecular weight excluding hydrogens is 250 g/mol. The van der Waals surface area contributed by atoms with Crippen LogP contribution in [0.15, 0.2) is 0 Å². The first-order chi connectivity index (χ1) is 9.67. The van der Waals surface area contributed by atoms with E-state index in [4.69, 9.17) is 10.5 Å². The Bertz CT molecular complexity index is 301. The number of morpholine rings is 1. The third-order valence-electron chi connectivity index (χ3n) is 5.90. The molecule has 1 saturated carbocycles. The highest BCUT2D eigenvalue weighted by Crippen LogP contribution is 2.36. The van der Waals surface area contributed by atoms with Gasteiger partial charge in [-0.1, -0.05) is 0 Å². The van der Waals surface area contributed by atoms with E-state index in [0.717, 1.165) is 32.3 Å². The minimum Gasteiger partial charge on any atom is -0.379 e. The van der Waals surface area contributed by atoms with E-state index in [2.05, 4.69) is 16.7 Å². The predicted molar refractivity (Wildman–Crippen MR) is 81.8 cm³/mol. The van der Waals surface area contributed by atoms with Gasteiger partial charge in [-0.25, -0.2) is 0 Å². The molecule has 0 aromatic carbocycles. The minimum absolute atomic E-state index is 0.423. The molecule has 2 saturated heterocycles. The molecule has 0 bridgehead atoms. The largest absolute Gasteiger partial charge is 0.379 e. The third-order valence-corrected chi connectivity index (χ3v) is 5.90. The highest BCUT2D eigenvalue weighted by Gasteiger charge is 2.38. The summed E-state index contributed by atoms with van der Waals surface area (Å²) < 4.78 is 5.50. The highest BCUT2D eigenvalue weighted by molar-refractivity contribution is 4.95. The molecule has 2 N–H and O–H groups in total. The smallest absolute Gasteiger partial charge is 0.0594 e. The zero-order valence-electron chi connectivity index (χ0n) is 13.0. The van der Waals surface area contributed by atoms with Crippen LogP contribution in [0.4, 0.5) is 0 Å². The van der Waals surface area contributed by atoms with E-state index in [0.29, 0.717) is 11.6 Å². The van der Waals surface area contributed by atoms with Crippen molar-refractivity contribution in [1.82, 2.24) is 9.80 Å². The number of nitrogens with two attached hydrogens (primary N) is 1. The minimum atomic E-state index is 0.423. The summed E-state index contributed by atoms with van der Waals surface area (Å²) in [5.74, 6) is 0. The molecule has 20 heavy (non-hydrogen) atoms. The summed E-state index contributed by atoms with van der Waals surface area (Å²) in [4.78, 5) is 5.39. The van der Waals surface area contributed by atoms with Crippen molar-refractivity contribution in [3.8, 4) is 0 Å². The number of ether oxygens (including phenoxy) is 1. The Morgan fingerprint density at radius 2 is 1.55 bits per heavy atom. The van der Waals surface area contributed by atoms with Crippen molar-refractivity contribution in [2.45, 2.75) is 63.1 Å². The summed E-state index contributed by atoms with van der Waals surface area (Å²) in [6, 6.07) is 1.27. The highest BCUT2D eigenvalue weighted by atomic mass is 16.5. The second-order valence-electron chi connectivity index (χ2n) is 7.20. The molecule has 1 aliphatic carbocycles. The third kappa shape index (κ3) is 3.19. The number of nitrogens with zero attached hydrogens (tertiary/aromatic N) is 2. The van der Waals surface area contributed by atoms with Gasteiger partial charge in [0.2, 0.25) is 0 Å². The van der Waals surface area contributed by atoms with Crippen LogP contribution in [-0.2, 0) is 4.74 Å². The van der Waals surface area contributed by atoms with Gasteiger partial charge in [0, 0.05) is 30.7 Å². The van der Waals surface area contributed by atoms with E-state index < -0.39 is 0 Å². The van der Waals surface area contributed by atoms with Crippen LogP contribution >= 0.6 is 0 Å². The number of likely N-dealkylation sites (tertiary alicyclic amines) is 1. The van der Waals surface area contributed by atoms with Gasteiger partial charge in [-0.05, 0) is 58.5 Å². The van der Waals surface area contributed by atoms with E-state index in [-0.39, 0.29) is 0 Å². The van der Waals surface area contributed by atoms with Crippen LogP contribution < -0.4 is 5.73 Å². The zero-order chi connectivity index (χ0) is 14.0. The van der Waals surface area contributed by atoms with Crippen molar-refractivity contribution in [3.05, 3.63) is 0 Å². The molecule has 3 rings (SSSR count). The van der Waals surface area contributed by atoms with E-state index in [1.54, 1.807) is 0 Å².